The molecule has 0 radical (unpaired) electrons. The van der Waals surface area contributed by atoms with Gasteiger partial charge in [-0.15, -0.1) is 0 Å². The second-order valence-electron chi connectivity index (χ2n) is 4.49. The summed E-state index contributed by atoms with van der Waals surface area (Å²) in [4.78, 5) is 0. The standard InChI is InChI=1S/C15H20N2O/c1-12-8-9-13(2)17(12)16-10-14-6-4-5-7-15(14)11-18-3/h4-9,16H,10-11H2,1-3H3. The van der Waals surface area contributed by atoms with Gasteiger partial charge in [-0.25, -0.2) is 0 Å². The Morgan fingerprint density at radius 1 is 1.00 bits per heavy atom. The molecule has 3 nitrogen and oxygen atoms in total. The quantitative estimate of drug-likeness (QED) is 0.875. The highest BCUT2D eigenvalue weighted by Gasteiger charge is 2.03. The average Bonchev–Trinajstić information content (AvgIpc) is 2.69. The summed E-state index contributed by atoms with van der Waals surface area (Å²) in [7, 11) is 1.73. The number of aromatic nitrogens is 1. The summed E-state index contributed by atoms with van der Waals surface area (Å²) < 4.78 is 7.33. The van der Waals surface area contributed by atoms with Crippen LogP contribution in [0, 0.1) is 13.8 Å². The molecule has 18 heavy (non-hydrogen) atoms. The maximum atomic E-state index is 5.22. The van der Waals surface area contributed by atoms with Crippen LogP contribution in [0.1, 0.15) is 22.5 Å². The molecule has 2 rings (SSSR count). The molecule has 1 aromatic carbocycles. The van der Waals surface area contributed by atoms with Gasteiger partial charge >= 0.3 is 0 Å². The minimum atomic E-state index is 0.654. The number of hydrogen-bond acceptors (Lipinski definition) is 2. The molecule has 96 valence electrons. The summed E-state index contributed by atoms with van der Waals surface area (Å²) in [5, 5.41) is 0. The summed E-state index contributed by atoms with van der Waals surface area (Å²) in [5.41, 5.74) is 8.38. The van der Waals surface area contributed by atoms with Crippen molar-refractivity contribution in [3.8, 4) is 0 Å². The Kier molecular flexibility index (Phi) is 4.05. The molecule has 0 aliphatic rings. The number of hydrogen-bond donors (Lipinski definition) is 1. The van der Waals surface area contributed by atoms with E-state index in [1.165, 1.54) is 22.5 Å². The van der Waals surface area contributed by atoms with Crippen molar-refractivity contribution in [2.75, 3.05) is 12.5 Å². The predicted molar refractivity (Wildman–Crippen MR) is 74.1 cm³/mol. The van der Waals surface area contributed by atoms with Gasteiger partial charge in [0.15, 0.2) is 0 Å². The maximum absolute atomic E-state index is 5.22. The lowest BCUT2D eigenvalue weighted by Crippen LogP contribution is -2.17. The van der Waals surface area contributed by atoms with E-state index in [2.05, 4.69) is 54.3 Å². The first-order chi connectivity index (χ1) is 8.72. The SMILES string of the molecule is COCc1ccccc1CNn1c(C)ccc1C. The van der Waals surface area contributed by atoms with Crippen molar-refractivity contribution in [2.45, 2.75) is 27.0 Å². The van der Waals surface area contributed by atoms with Crippen molar-refractivity contribution in [3.05, 3.63) is 58.9 Å². The van der Waals surface area contributed by atoms with Crippen LogP contribution >= 0.6 is 0 Å². The van der Waals surface area contributed by atoms with E-state index in [0.717, 1.165) is 6.54 Å². The zero-order valence-corrected chi connectivity index (χ0v) is 11.2. The van der Waals surface area contributed by atoms with Gasteiger partial charge in [-0.1, -0.05) is 24.3 Å². The molecule has 1 aromatic heterocycles. The second-order valence-corrected chi connectivity index (χ2v) is 4.49. The first-order valence-corrected chi connectivity index (χ1v) is 6.17. The number of nitrogens with zero attached hydrogens (tertiary/aromatic N) is 1. The molecule has 1 heterocycles. The lowest BCUT2D eigenvalue weighted by molar-refractivity contribution is 0.184. The third kappa shape index (κ3) is 2.74. The molecule has 0 spiro atoms. The van der Waals surface area contributed by atoms with E-state index >= 15 is 0 Å². The Morgan fingerprint density at radius 2 is 1.61 bits per heavy atom. The fraction of sp³-hybridized carbons (Fsp3) is 0.333. The van der Waals surface area contributed by atoms with E-state index in [4.69, 9.17) is 4.74 Å². The summed E-state index contributed by atoms with van der Waals surface area (Å²) in [6.07, 6.45) is 0. The van der Waals surface area contributed by atoms with Gasteiger partial charge in [-0.3, -0.25) is 4.68 Å². The molecule has 0 fully saturated rings. The Bertz CT molecular complexity index is 497. The van der Waals surface area contributed by atoms with Crippen molar-refractivity contribution in [2.24, 2.45) is 0 Å². The molecule has 0 saturated heterocycles. The Labute approximate surface area is 108 Å². The molecule has 0 unspecified atom stereocenters. The Hall–Kier alpha value is -1.74. The van der Waals surface area contributed by atoms with Crippen molar-refractivity contribution in [1.82, 2.24) is 4.68 Å². The molecule has 0 atom stereocenters. The van der Waals surface area contributed by atoms with E-state index < -0.39 is 0 Å². The van der Waals surface area contributed by atoms with E-state index in [-0.39, 0.29) is 0 Å². The molecular formula is C15H20N2O. The fourth-order valence-corrected chi connectivity index (χ4v) is 2.11. The second kappa shape index (κ2) is 5.74. The Balaban J connectivity index is 2.11. The number of nitrogens with one attached hydrogen (secondary N) is 1. The largest absolute Gasteiger partial charge is 0.380 e. The maximum Gasteiger partial charge on any atom is 0.0716 e. The molecule has 2 aromatic rings. The van der Waals surface area contributed by atoms with Crippen LogP contribution in [0.25, 0.3) is 0 Å². The van der Waals surface area contributed by atoms with E-state index in [1.54, 1.807) is 7.11 Å². The van der Waals surface area contributed by atoms with Crippen LogP contribution in [0.3, 0.4) is 0 Å². The number of ether oxygens (including phenoxy) is 1. The highest BCUT2D eigenvalue weighted by molar-refractivity contribution is 5.28. The molecule has 1 N–H and O–H groups in total. The Morgan fingerprint density at radius 3 is 2.22 bits per heavy atom. The van der Waals surface area contributed by atoms with Crippen LogP contribution in [0.15, 0.2) is 36.4 Å². The number of aryl methyl sites for hydroxylation is 2. The van der Waals surface area contributed by atoms with Crippen molar-refractivity contribution in [1.29, 1.82) is 0 Å². The van der Waals surface area contributed by atoms with E-state index in [9.17, 15) is 0 Å². The van der Waals surface area contributed by atoms with Crippen molar-refractivity contribution < 1.29 is 4.74 Å². The topological polar surface area (TPSA) is 26.2 Å². The van der Waals surface area contributed by atoms with Gasteiger partial charge in [0.25, 0.3) is 0 Å². The molecule has 0 aliphatic carbocycles. The molecular weight excluding hydrogens is 224 g/mol. The van der Waals surface area contributed by atoms with Crippen molar-refractivity contribution in [3.63, 3.8) is 0 Å². The summed E-state index contributed by atoms with van der Waals surface area (Å²) in [5.74, 6) is 0. The summed E-state index contributed by atoms with van der Waals surface area (Å²) in [6, 6.07) is 12.6. The summed E-state index contributed by atoms with van der Waals surface area (Å²) >= 11 is 0. The van der Waals surface area contributed by atoms with Crippen LogP contribution in [0.4, 0.5) is 0 Å². The van der Waals surface area contributed by atoms with Gasteiger partial charge in [0.1, 0.15) is 0 Å². The first-order valence-electron chi connectivity index (χ1n) is 6.17. The average molecular weight is 244 g/mol. The molecule has 0 amide bonds. The fourth-order valence-electron chi connectivity index (χ4n) is 2.11. The lowest BCUT2D eigenvalue weighted by atomic mass is 10.1. The van der Waals surface area contributed by atoms with Gasteiger partial charge in [0.2, 0.25) is 0 Å². The highest BCUT2D eigenvalue weighted by Crippen LogP contribution is 2.11. The zero-order chi connectivity index (χ0) is 13.0. The van der Waals surface area contributed by atoms with Crippen LogP contribution in [0.5, 0.6) is 0 Å². The van der Waals surface area contributed by atoms with Gasteiger partial charge in [0, 0.05) is 18.5 Å². The number of benzene rings is 1. The van der Waals surface area contributed by atoms with Gasteiger partial charge < -0.3 is 10.2 Å². The van der Waals surface area contributed by atoms with Crippen LogP contribution < -0.4 is 5.43 Å². The van der Waals surface area contributed by atoms with Crippen LogP contribution in [-0.4, -0.2) is 11.8 Å². The zero-order valence-electron chi connectivity index (χ0n) is 11.2. The van der Waals surface area contributed by atoms with Gasteiger partial charge in [-0.2, -0.15) is 0 Å². The normalized spacial score (nSPS) is 10.6. The van der Waals surface area contributed by atoms with Gasteiger partial charge in [0.05, 0.1) is 13.2 Å². The van der Waals surface area contributed by atoms with Crippen LogP contribution in [-0.2, 0) is 17.9 Å². The predicted octanol–water partition coefficient (Wildman–Crippen LogP) is 3.00. The third-order valence-electron chi connectivity index (χ3n) is 3.12. The minimum absolute atomic E-state index is 0.654. The first kappa shape index (κ1) is 12.7. The molecule has 0 bridgehead atoms. The highest BCUT2D eigenvalue weighted by atomic mass is 16.5. The molecule has 0 saturated carbocycles. The minimum Gasteiger partial charge on any atom is -0.380 e. The van der Waals surface area contributed by atoms with Gasteiger partial charge in [-0.05, 0) is 37.1 Å². The molecule has 0 aliphatic heterocycles. The van der Waals surface area contributed by atoms with Crippen LogP contribution in [0.2, 0.25) is 0 Å². The van der Waals surface area contributed by atoms with E-state index in [1.807, 2.05) is 6.07 Å². The van der Waals surface area contributed by atoms with Crippen molar-refractivity contribution >= 4 is 0 Å². The number of methoxy groups -OCH3 is 1. The summed E-state index contributed by atoms with van der Waals surface area (Å²) in [6.45, 7) is 5.65. The smallest absolute Gasteiger partial charge is 0.0716 e. The monoisotopic (exact) mass is 244 g/mol. The van der Waals surface area contributed by atoms with E-state index in [0.29, 0.717) is 6.61 Å². The number of rotatable bonds is 5. The molecule has 3 heteroatoms. The lowest BCUT2D eigenvalue weighted by Gasteiger charge is -2.15. The third-order valence-corrected chi connectivity index (χ3v) is 3.12.